The maximum absolute atomic E-state index is 11.1. The first-order valence-corrected chi connectivity index (χ1v) is 12.1. The van der Waals surface area contributed by atoms with E-state index in [2.05, 4.69) is 11.9 Å². The van der Waals surface area contributed by atoms with Crippen LogP contribution in [0.25, 0.3) is 22.2 Å². The number of carboxylic acids is 1. The van der Waals surface area contributed by atoms with Crippen molar-refractivity contribution in [2.45, 2.75) is 46.0 Å². The van der Waals surface area contributed by atoms with Crippen LogP contribution < -0.4 is 9.47 Å². The highest BCUT2D eigenvalue weighted by molar-refractivity contribution is 5.96. The molecule has 4 rings (SSSR count). The summed E-state index contributed by atoms with van der Waals surface area (Å²) >= 11 is 0. The number of unbranched alkanes of at least 4 members (excludes halogenated alkanes) is 1. The maximum Gasteiger partial charge on any atom is 0.303 e. The average molecular weight is 474 g/mol. The zero-order valence-electron chi connectivity index (χ0n) is 20.3. The van der Waals surface area contributed by atoms with E-state index in [-0.39, 0.29) is 6.42 Å². The summed E-state index contributed by atoms with van der Waals surface area (Å²) in [5.41, 5.74) is 2.78. The van der Waals surface area contributed by atoms with Crippen molar-refractivity contribution >= 4 is 16.7 Å². The summed E-state index contributed by atoms with van der Waals surface area (Å²) < 4.78 is 18.2. The first-order valence-electron chi connectivity index (χ1n) is 12.1. The Morgan fingerprint density at radius 1 is 0.943 bits per heavy atom. The molecule has 1 heterocycles. The van der Waals surface area contributed by atoms with Crippen molar-refractivity contribution in [1.82, 2.24) is 4.98 Å². The Morgan fingerprint density at radius 3 is 2.49 bits per heavy atom. The molecule has 1 N–H and O–H groups in total. The fourth-order valence-corrected chi connectivity index (χ4v) is 4.05. The zero-order valence-corrected chi connectivity index (χ0v) is 20.3. The summed E-state index contributed by atoms with van der Waals surface area (Å²) in [4.78, 5) is 15.8. The van der Waals surface area contributed by atoms with Crippen LogP contribution in [0.15, 0.2) is 65.1 Å². The monoisotopic (exact) mass is 473 g/mol. The van der Waals surface area contributed by atoms with Crippen molar-refractivity contribution in [2.75, 3.05) is 13.2 Å². The molecule has 1 aromatic heterocycles. The number of benzene rings is 3. The van der Waals surface area contributed by atoms with Crippen LogP contribution in [0.5, 0.6) is 11.5 Å². The second kappa shape index (κ2) is 11.6. The minimum atomic E-state index is -0.813. The van der Waals surface area contributed by atoms with Gasteiger partial charge in [0.05, 0.1) is 24.3 Å². The van der Waals surface area contributed by atoms with Gasteiger partial charge in [0.1, 0.15) is 17.3 Å². The molecule has 0 amide bonds. The molecule has 0 bridgehead atoms. The van der Waals surface area contributed by atoms with Crippen LogP contribution in [0.2, 0.25) is 0 Å². The van der Waals surface area contributed by atoms with Crippen molar-refractivity contribution in [1.29, 1.82) is 0 Å². The smallest absolute Gasteiger partial charge is 0.303 e. The summed E-state index contributed by atoms with van der Waals surface area (Å²) in [6.45, 7) is 5.09. The molecule has 0 saturated heterocycles. The maximum atomic E-state index is 11.1. The topological polar surface area (TPSA) is 81.8 Å². The highest BCUT2D eigenvalue weighted by Crippen LogP contribution is 2.37. The summed E-state index contributed by atoms with van der Waals surface area (Å²) in [7, 11) is 0. The number of ether oxygens (including phenoxy) is 2. The highest BCUT2D eigenvalue weighted by Gasteiger charge is 2.15. The van der Waals surface area contributed by atoms with Crippen LogP contribution in [-0.4, -0.2) is 29.3 Å². The molecule has 35 heavy (non-hydrogen) atoms. The van der Waals surface area contributed by atoms with Gasteiger partial charge < -0.3 is 19.0 Å². The van der Waals surface area contributed by atoms with Gasteiger partial charge in [-0.15, -0.1) is 0 Å². The van der Waals surface area contributed by atoms with E-state index >= 15 is 0 Å². The molecule has 3 aromatic carbocycles. The predicted molar refractivity (Wildman–Crippen MR) is 136 cm³/mol. The highest BCUT2D eigenvalue weighted by atomic mass is 16.5. The van der Waals surface area contributed by atoms with E-state index in [0.29, 0.717) is 31.9 Å². The third-order valence-electron chi connectivity index (χ3n) is 5.93. The van der Waals surface area contributed by atoms with Gasteiger partial charge in [-0.05, 0) is 55.0 Å². The number of hydrogen-bond acceptors (Lipinski definition) is 5. The molecule has 0 aliphatic carbocycles. The minimum absolute atomic E-state index is 0.0748. The van der Waals surface area contributed by atoms with Gasteiger partial charge >= 0.3 is 5.97 Å². The Kier molecular flexibility index (Phi) is 8.03. The molecular formula is C29H31NO5. The number of oxazole rings is 1. The van der Waals surface area contributed by atoms with Gasteiger partial charge in [0, 0.05) is 18.4 Å². The quantitative estimate of drug-likeness (QED) is 0.233. The summed E-state index contributed by atoms with van der Waals surface area (Å²) in [5, 5.41) is 11.0. The van der Waals surface area contributed by atoms with E-state index in [9.17, 15) is 4.79 Å². The third-order valence-corrected chi connectivity index (χ3v) is 5.93. The number of carbonyl (C=O) groups is 1. The molecule has 6 nitrogen and oxygen atoms in total. The van der Waals surface area contributed by atoms with Crippen LogP contribution >= 0.6 is 0 Å². The number of aliphatic carboxylic acids is 1. The average Bonchev–Trinajstić information content (AvgIpc) is 3.24. The summed E-state index contributed by atoms with van der Waals surface area (Å²) in [6, 6.07) is 19.6. The van der Waals surface area contributed by atoms with Crippen molar-refractivity contribution in [3.63, 3.8) is 0 Å². The Morgan fingerprint density at radius 2 is 1.71 bits per heavy atom. The molecule has 4 aromatic rings. The Balaban J connectivity index is 1.56. The van der Waals surface area contributed by atoms with E-state index in [1.807, 2.05) is 67.6 Å². The normalized spacial score (nSPS) is 11.0. The fourth-order valence-electron chi connectivity index (χ4n) is 4.05. The van der Waals surface area contributed by atoms with Gasteiger partial charge in [0.25, 0.3) is 0 Å². The van der Waals surface area contributed by atoms with Crippen LogP contribution in [0.3, 0.4) is 0 Å². The predicted octanol–water partition coefficient (Wildman–Crippen LogP) is 6.62. The molecule has 182 valence electrons. The molecule has 0 fully saturated rings. The van der Waals surface area contributed by atoms with E-state index in [1.165, 1.54) is 0 Å². The molecule has 0 atom stereocenters. The Labute approximate surface area is 205 Å². The molecule has 0 spiro atoms. The molecule has 0 unspecified atom stereocenters. The lowest BCUT2D eigenvalue weighted by atomic mass is 9.99. The molecule has 0 aliphatic heterocycles. The van der Waals surface area contributed by atoms with Crippen molar-refractivity contribution in [3.8, 4) is 23.0 Å². The lowest BCUT2D eigenvalue weighted by molar-refractivity contribution is -0.136. The molecule has 0 aliphatic rings. The van der Waals surface area contributed by atoms with Gasteiger partial charge in [-0.2, -0.15) is 0 Å². The minimum Gasteiger partial charge on any atom is -0.493 e. The van der Waals surface area contributed by atoms with Crippen LogP contribution in [-0.2, 0) is 17.6 Å². The van der Waals surface area contributed by atoms with Crippen LogP contribution in [0, 0.1) is 6.92 Å². The van der Waals surface area contributed by atoms with E-state index in [4.69, 9.17) is 19.0 Å². The first-order chi connectivity index (χ1) is 17.1. The molecule has 0 radical (unpaired) electrons. The van der Waals surface area contributed by atoms with E-state index < -0.39 is 5.97 Å². The summed E-state index contributed by atoms with van der Waals surface area (Å²) in [6.07, 6.45) is 3.13. The zero-order chi connectivity index (χ0) is 24.6. The first kappa shape index (κ1) is 24.3. The SMILES string of the molecule is CCCCOc1cccc2c(CCC(=O)O)ccc(OCCc3nc(-c4ccccc4)oc3C)c12. The van der Waals surface area contributed by atoms with Gasteiger partial charge in [-0.25, -0.2) is 4.98 Å². The number of fused-ring (bicyclic) bond motifs is 1. The number of rotatable bonds is 12. The number of nitrogens with zero attached hydrogens (tertiary/aromatic N) is 1. The van der Waals surface area contributed by atoms with Gasteiger partial charge in [0.2, 0.25) is 5.89 Å². The number of carboxylic acid groups (broad SMARTS) is 1. The Hall–Kier alpha value is -3.80. The number of hydrogen-bond donors (Lipinski definition) is 1. The second-order valence-electron chi connectivity index (χ2n) is 8.48. The molecular weight excluding hydrogens is 442 g/mol. The van der Waals surface area contributed by atoms with Crippen molar-refractivity contribution < 1.29 is 23.8 Å². The lowest BCUT2D eigenvalue weighted by Crippen LogP contribution is -2.05. The van der Waals surface area contributed by atoms with Gasteiger partial charge in [-0.3, -0.25) is 4.79 Å². The Bertz CT molecular complexity index is 1280. The lowest BCUT2D eigenvalue weighted by Gasteiger charge is -2.16. The van der Waals surface area contributed by atoms with E-state index in [0.717, 1.165) is 57.7 Å². The number of aryl methyl sites for hydroxylation is 2. The standard InChI is InChI=1S/C29H31NO5/c1-3-4-18-33-25-12-8-11-23-21(14-16-27(31)32)13-15-26(28(23)25)34-19-17-24-20(2)35-29(30-24)22-9-6-5-7-10-22/h5-13,15H,3-4,14,16-19H2,1-2H3,(H,31,32). The fraction of sp³-hybridized carbons (Fsp3) is 0.310. The van der Waals surface area contributed by atoms with Crippen molar-refractivity contribution in [2.24, 2.45) is 0 Å². The van der Waals surface area contributed by atoms with E-state index in [1.54, 1.807) is 0 Å². The third kappa shape index (κ3) is 6.01. The molecule has 6 heteroatoms. The van der Waals surface area contributed by atoms with Crippen LogP contribution in [0.4, 0.5) is 0 Å². The van der Waals surface area contributed by atoms with Crippen LogP contribution in [0.1, 0.15) is 43.2 Å². The number of aromatic nitrogens is 1. The van der Waals surface area contributed by atoms with Gasteiger partial charge in [0.15, 0.2) is 0 Å². The summed E-state index contributed by atoms with van der Waals surface area (Å²) in [5.74, 6) is 2.05. The van der Waals surface area contributed by atoms with Gasteiger partial charge in [-0.1, -0.05) is 49.7 Å². The molecule has 0 saturated carbocycles. The largest absolute Gasteiger partial charge is 0.493 e. The second-order valence-corrected chi connectivity index (χ2v) is 8.48. The van der Waals surface area contributed by atoms with Crippen molar-refractivity contribution in [3.05, 3.63) is 77.7 Å².